The van der Waals surface area contributed by atoms with E-state index in [9.17, 15) is 5.11 Å². The normalized spacial score (nSPS) is 10.2. The number of ether oxygens (including phenoxy) is 3. The molecule has 0 aromatic heterocycles. The Morgan fingerprint density at radius 2 is 1.45 bits per heavy atom. The number of rotatable bonds is 5. The number of benzene rings is 2. The van der Waals surface area contributed by atoms with Gasteiger partial charge in [0.2, 0.25) is 0 Å². The molecule has 0 atom stereocenters. The summed E-state index contributed by atoms with van der Waals surface area (Å²) in [7, 11) is 4.83. The number of hydrogen-bond acceptors (Lipinski definition) is 4. The van der Waals surface area contributed by atoms with E-state index in [1.165, 1.54) is 0 Å². The number of aliphatic hydroxyl groups excluding tert-OH is 1. The molecule has 4 nitrogen and oxygen atoms in total. The second kappa shape index (κ2) is 6.30. The van der Waals surface area contributed by atoms with Crippen LogP contribution in [-0.4, -0.2) is 26.4 Å². The van der Waals surface area contributed by atoms with E-state index in [0.717, 1.165) is 22.4 Å². The molecule has 0 fully saturated rings. The van der Waals surface area contributed by atoms with Gasteiger partial charge in [-0.3, -0.25) is 0 Å². The molecule has 20 heavy (non-hydrogen) atoms. The van der Waals surface area contributed by atoms with Crippen molar-refractivity contribution in [3.05, 3.63) is 42.0 Å². The maximum Gasteiger partial charge on any atom is 0.161 e. The van der Waals surface area contributed by atoms with Gasteiger partial charge in [0.15, 0.2) is 11.5 Å². The average Bonchev–Trinajstić information content (AvgIpc) is 2.53. The highest BCUT2D eigenvalue weighted by Gasteiger charge is 2.11. The Balaban J connectivity index is 2.55. The number of methoxy groups -OCH3 is 3. The summed E-state index contributed by atoms with van der Waals surface area (Å²) < 4.78 is 15.9. The lowest BCUT2D eigenvalue weighted by Gasteiger charge is -2.13. The molecule has 2 aromatic rings. The van der Waals surface area contributed by atoms with Crippen LogP contribution in [0.2, 0.25) is 0 Å². The average molecular weight is 274 g/mol. The van der Waals surface area contributed by atoms with Gasteiger partial charge < -0.3 is 19.3 Å². The fourth-order valence-electron chi connectivity index (χ4n) is 2.08. The van der Waals surface area contributed by atoms with Crippen LogP contribution in [0, 0.1) is 0 Å². The minimum atomic E-state index is -0.00964. The van der Waals surface area contributed by atoms with Crippen molar-refractivity contribution in [2.45, 2.75) is 6.61 Å². The highest BCUT2D eigenvalue weighted by atomic mass is 16.5. The van der Waals surface area contributed by atoms with Crippen molar-refractivity contribution < 1.29 is 19.3 Å². The zero-order chi connectivity index (χ0) is 14.5. The quantitative estimate of drug-likeness (QED) is 0.910. The Kier molecular flexibility index (Phi) is 4.48. The van der Waals surface area contributed by atoms with Gasteiger partial charge in [0.25, 0.3) is 0 Å². The zero-order valence-corrected chi connectivity index (χ0v) is 11.8. The third kappa shape index (κ3) is 2.70. The first-order valence-electron chi connectivity index (χ1n) is 6.23. The maximum atomic E-state index is 9.27. The maximum absolute atomic E-state index is 9.27. The summed E-state index contributed by atoms with van der Waals surface area (Å²) in [6, 6.07) is 11.2. The van der Waals surface area contributed by atoms with Crippen molar-refractivity contribution in [1.29, 1.82) is 0 Å². The van der Waals surface area contributed by atoms with Gasteiger partial charge >= 0.3 is 0 Å². The van der Waals surface area contributed by atoms with Gasteiger partial charge in [0, 0.05) is 5.56 Å². The van der Waals surface area contributed by atoms with Crippen molar-refractivity contribution in [1.82, 2.24) is 0 Å². The third-order valence-electron chi connectivity index (χ3n) is 3.14. The van der Waals surface area contributed by atoms with Crippen molar-refractivity contribution in [3.8, 4) is 28.4 Å². The molecule has 106 valence electrons. The van der Waals surface area contributed by atoms with E-state index in [1.54, 1.807) is 21.3 Å². The summed E-state index contributed by atoms with van der Waals surface area (Å²) in [5.41, 5.74) is 2.67. The molecule has 0 aliphatic heterocycles. The van der Waals surface area contributed by atoms with Crippen LogP contribution in [0.4, 0.5) is 0 Å². The van der Waals surface area contributed by atoms with Gasteiger partial charge in [-0.1, -0.05) is 12.1 Å². The molecular formula is C16H18O4. The van der Waals surface area contributed by atoms with Gasteiger partial charge in [0.05, 0.1) is 27.9 Å². The molecular weight excluding hydrogens is 256 g/mol. The van der Waals surface area contributed by atoms with E-state index in [-0.39, 0.29) is 6.61 Å². The zero-order valence-electron chi connectivity index (χ0n) is 11.8. The molecule has 0 heterocycles. The molecule has 2 aromatic carbocycles. The summed E-state index contributed by atoms with van der Waals surface area (Å²) in [5, 5.41) is 9.27. The van der Waals surface area contributed by atoms with Crippen LogP contribution in [0.3, 0.4) is 0 Å². The Labute approximate surface area is 118 Å². The monoisotopic (exact) mass is 274 g/mol. The second-order valence-corrected chi connectivity index (χ2v) is 4.26. The first-order chi connectivity index (χ1) is 9.73. The van der Waals surface area contributed by atoms with Gasteiger partial charge in [-0.15, -0.1) is 0 Å². The second-order valence-electron chi connectivity index (χ2n) is 4.26. The predicted molar refractivity (Wildman–Crippen MR) is 77.5 cm³/mol. The molecule has 0 unspecified atom stereocenters. The van der Waals surface area contributed by atoms with E-state index in [2.05, 4.69) is 0 Å². The molecule has 0 radical (unpaired) electrons. The van der Waals surface area contributed by atoms with Gasteiger partial charge in [-0.2, -0.15) is 0 Å². The SMILES string of the molecule is COc1ccc(-c2cc(CO)ccc2OC)cc1OC. The molecule has 2 rings (SSSR count). The Bertz CT molecular complexity index is 593. The Morgan fingerprint density at radius 3 is 2.05 bits per heavy atom. The van der Waals surface area contributed by atoms with Crippen LogP contribution in [0.1, 0.15) is 5.56 Å². The predicted octanol–water partition coefficient (Wildman–Crippen LogP) is 2.87. The van der Waals surface area contributed by atoms with Crippen LogP contribution in [-0.2, 0) is 6.61 Å². The van der Waals surface area contributed by atoms with Gasteiger partial charge in [-0.25, -0.2) is 0 Å². The van der Waals surface area contributed by atoms with Crippen molar-refractivity contribution >= 4 is 0 Å². The lowest BCUT2D eigenvalue weighted by atomic mass is 10.0. The Hall–Kier alpha value is -2.20. The van der Waals surface area contributed by atoms with E-state index in [1.807, 2.05) is 36.4 Å². The van der Waals surface area contributed by atoms with Crippen LogP contribution in [0.5, 0.6) is 17.2 Å². The Morgan fingerprint density at radius 1 is 0.800 bits per heavy atom. The highest BCUT2D eigenvalue weighted by molar-refractivity contribution is 5.73. The summed E-state index contributed by atoms with van der Waals surface area (Å²) in [4.78, 5) is 0. The minimum Gasteiger partial charge on any atom is -0.496 e. The van der Waals surface area contributed by atoms with Crippen molar-refractivity contribution in [2.75, 3.05) is 21.3 Å². The van der Waals surface area contributed by atoms with E-state index < -0.39 is 0 Å². The summed E-state index contributed by atoms with van der Waals surface area (Å²) in [5.74, 6) is 2.07. The van der Waals surface area contributed by atoms with E-state index in [0.29, 0.717) is 11.5 Å². The lowest BCUT2D eigenvalue weighted by molar-refractivity contribution is 0.281. The van der Waals surface area contributed by atoms with Crippen LogP contribution < -0.4 is 14.2 Å². The van der Waals surface area contributed by atoms with Crippen LogP contribution >= 0.6 is 0 Å². The van der Waals surface area contributed by atoms with Gasteiger partial charge in [0.1, 0.15) is 5.75 Å². The molecule has 0 aliphatic carbocycles. The van der Waals surface area contributed by atoms with Crippen molar-refractivity contribution in [2.24, 2.45) is 0 Å². The third-order valence-corrected chi connectivity index (χ3v) is 3.14. The van der Waals surface area contributed by atoms with Crippen LogP contribution in [0.25, 0.3) is 11.1 Å². The smallest absolute Gasteiger partial charge is 0.161 e. The summed E-state index contributed by atoms with van der Waals surface area (Å²) in [6.07, 6.45) is 0. The highest BCUT2D eigenvalue weighted by Crippen LogP contribution is 2.36. The van der Waals surface area contributed by atoms with E-state index >= 15 is 0 Å². The minimum absolute atomic E-state index is 0.00964. The molecule has 0 saturated carbocycles. The lowest BCUT2D eigenvalue weighted by Crippen LogP contribution is -1.94. The molecule has 0 bridgehead atoms. The molecule has 0 spiro atoms. The largest absolute Gasteiger partial charge is 0.496 e. The standard InChI is InChI=1S/C16H18O4/c1-18-14-6-4-11(10-17)8-13(14)12-5-7-15(19-2)16(9-12)20-3/h4-9,17H,10H2,1-3H3. The number of aliphatic hydroxyl groups is 1. The number of hydrogen-bond donors (Lipinski definition) is 1. The molecule has 1 N–H and O–H groups in total. The fourth-order valence-corrected chi connectivity index (χ4v) is 2.08. The summed E-state index contributed by atoms with van der Waals surface area (Å²) >= 11 is 0. The fraction of sp³-hybridized carbons (Fsp3) is 0.250. The van der Waals surface area contributed by atoms with E-state index in [4.69, 9.17) is 14.2 Å². The van der Waals surface area contributed by atoms with Crippen molar-refractivity contribution in [3.63, 3.8) is 0 Å². The first kappa shape index (κ1) is 14.2. The molecule has 0 amide bonds. The molecule has 0 aliphatic rings. The van der Waals surface area contributed by atoms with Gasteiger partial charge in [-0.05, 0) is 35.4 Å². The topological polar surface area (TPSA) is 47.9 Å². The summed E-state index contributed by atoms with van der Waals surface area (Å²) in [6.45, 7) is -0.00964. The van der Waals surface area contributed by atoms with Crippen LogP contribution in [0.15, 0.2) is 36.4 Å². The molecule has 0 saturated heterocycles. The molecule has 4 heteroatoms. The first-order valence-corrected chi connectivity index (χ1v) is 6.23.